The Balaban J connectivity index is 1.05. The van der Waals surface area contributed by atoms with Crippen molar-refractivity contribution in [2.75, 3.05) is 0 Å². The summed E-state index contributed by atoms with van der Waals surface area (Å²) in [6, 6.07) is 72.3. The largest absolute Gasteiger partial charge is 0.455 e. The van der Waals surface area contributed by atoms with E-state index in [1.54, 1.807) is 0 Å². The molecule has 11 aromatic rings. The fraction of sp³-hybridized carbons (Fsp3) is 0. The maximum atomic E-state index is 6.62. The van der Waals surface area contributed by atoms with Crippen LogP contribution in [0.15, 0.2) is 205 Å². The van der Waals surface area contributed by atoms with E-state index in [1.807, 2.05) is 0 Å². The van der Waals surface area contributed by atoms with Crippen molar-refractivity contribution in [1.29, 1.82) is 0 Å². The van der Waals surface area contributed by atoms with Crippen LogP contribution in [-0.4, -0.2) is 4.57 Å². The highest BCUT2D eigenvalue weighted by Crippen LogP contribution is 2.39. The lowest BCUT2D eigenvalue weighted by Gasteiger charge is -2.13. The monoisotopic (exact) mass is 687 g/mol. The van der Waals surface area contributed by atoms with Crippen molar-refractivity contribution in [2.24, 2.45) is 0 Å². The molecule has 0 saturated heterocycles. The van der Waals surface area contributed by atoms with Crippen LogP contribution in [0.25, 0.3) is 105 Å². The fourth-order valence-electron chi connectivity index (χ4n) is 8.30. The number of nitrogens with zero attached hydrogens (tertiary/aromatic N) is 1. The average Bonchev–Trinajstić information content (AvgIpc) is 3.80. The Morgan fingerprint density at radius 2 is 0.778 bits per heavy atom. The third kappa shape index (κ3) is 4.96. The smallest absolute Gasteiger partial charge is 0.143 e. The van der Waals surface area contributed by atoms with Crippen LogP contribution in [-0.2, 0) is 0 Å². The van der Waals surface area contributed by atoms with E-state index < -0.39 is 0 Å². The van der Waals surface area contributed by atoms with E-state index >= 15 is 0 Å². The van der Waals surface area contributed by atoms with Gasteiger partial charge in [0.05, 0.1) is 11.0 Å². The van der Waals surface area contributed by atoms with Gasteiger partial charge in [-0.3, -0.25) is 0 Å². The van der Waals surface area contributed by atoms with E-state index in [9.17, 15) is 0 Å². The lowest BCUT2D eigenvalue weighted by atomic mass is 9.92. The van der Waals surface area contributed by atoms with Crippen molar-refractivity contribution in [3.8, 4) is 50.2 Å². The minimum Gasteiger partial charge on any atom is -0.455 e. The van der Waals surface area contributed by atoms with Crippen LogP contribution in [0.3, 0.4) is 0 Å². The van der Waals surface area contributed by atoms with E-state index in [1.165, 1.54) is 60.6 Å². The molecule has 0 N–H and O–H groups in total. The SMILES string of the molecule is c1ccc(-c2ccc(-c3cc(-c4ccc(-n5c6ccccc6c6ccccc65)cc4)cc(-c4ccc5c(c4)oc4c6ccccc6ccc54)c3)cc2)cc1. The van der Waals surface area contributed by atoms with Gasteiger partial charge in [-0.25, -0.2) is 0 Å². The van der Waals surface area contributed by atoms with Crippen LogP contribution >= 0.6 is 0 Å². The topological polar surface area (TPSA) is 18.1 Å². The molecule has 0 fully saturated rings. The highest BCUT2D eigenvalue weighted by Gasteiger charge is 2.15. The molecule has 0 bridgehead atoms. The number of hydrogen-bond donors (Lipinski definition) is 0. The Hall–Kier alpha value is -7.16. The van der Waals surface area contributed by atoms with Crippen molar-refractivity contribution in [1.82, 2.24) is 4.57 Å². The normalized spacial score (nSPS) is 11.7. The summed E-state index contributed by atoms with van der Waals surface area (Å²) in [6.45, 7) is 0. The third-order valence-corrected chi connectivity index (χ3v) is 11.0. The number of rotatable bonds is 5. The molecule has 0 spiro atoms. The molecule has 0 aliphatic carbocycles. The number of benzene rings is 9. The number of para-hydroxylation sites is 2. The molecule has 0 aliphatic rings. The number of aromatic nitrogens is 1. The number of furan rings is 1. The lowest BCUT2D eigenvalue weighted by Crippen LogP contribution is -1.93. The summed E-state index contributed by atoms with van der Waals surface area (Å²) in [4.78, 5) is 0. The summed E-state index contributed by atoms with van der Waals surface area (Å²) in [6.07, 6.45) is 0. The van der Waals surface area contributed by atoms with Crippen LogP contribution < -0.4 is 0 Å². The van der Waals surface area contributed by atoms with Crippen LogP contribution in [0.5, 0.6) is 0 Å². The predicted molar refractivity (Wildman–Crippen MR) is 227 cm³/mol. The van der Waals surface area contributed by atoms with Gasteiger partial charge in [0, 0.05) is 32.6 Å². The van der Waals surface area contributed by atoms with Gasteiger partial charge in [-0.15, -0.1) is 0 Å². The molecule has 0 saturated carbocycles. The Labute approximate surface area is 312 Å². The Kier molecular flexibility index (Phi) is 6.90. The molecule has 0 aliphatic heterocycles. The molecule has 9 aromatic carbocycles. The van der Waals surface area contributed by atoms with E-state index in [0.717, 1.165) is 44.1 Å². The molecule has 11 rings (SSSR count). The van der Waals surface area contributed by atoms with Crippen molar-refractivity contribution in [2.45, 2.75) is 0 Å². The second-order valence-electron chi connectivity index (χ2n) is 14.1. The van der Waals surface area contributed by atoms with Gasteiger partial charge in [0.15, 0.2) is 0 Å². The Morgan fingerprint density at radius 1 is 0.296 bits per heavy atom. The molecule has 2 aromatic heterocycles. The first-order valence-corrected chi connectivity index (χ1v) is 18.5. The first-order valence-electron chi connectivity index (χ1n) is 18.5. The van der Waals surface area contributed by atoms with Crippen LogP contribution in [0.2, 0.25) is 0 Å². The minimum absolute atomic E-state index is 0.897. The second kappa shape index (κ2) is 12.2. The molecule has 2 nitrogen and oxygen atoms in total. The average molecular weight is 688 g/mol. The quantitative estimate of drug-likeness (QED) is 0.176. The number of hydrogen-bond acceptors (Lipinski definition) is 1. The van der Waals surface area contributed by atoms with Crippen molar-refractivity contribution < 1.29 is 4.42 Å². The third-order valence-electron chi connectivity index (χ3n) is 11.0. The Bertz CT molecular complexity index is 3130. The summed E-state index contributed by atoms with van der Waals surface area (Å²) in [7, 11) is 0. The van der Waals surface area contributed by atoms with Gasteiger partial charge in [-0.2, -0.15) is 0 Å². The zero-order valence-corrected chi connectivity index (χ0v) is 29.4. The first-order chi connectivity index (χ1) is 26.7. The summed E-state index contributed by atoms with van der Waals surface area (Å²) in [5, 5.41) is 7.13. The van der Waals surface area contributed by atoms with E-state index in [2.05, 4.69) is 205 Å². The van der Waals surface area contributed by atoms with E-state index in [-0.39, 0.29) is 0 Å². The molecule has 0 amide bonds. The van der Waals surface area contributed by atoms with Crippen LogP contribution in [0.4, 0.5) is 0 Å². The minimum atomic E-state index is 0.897. The van der Waals surface area contributed by atoms with Crippen molar-refractivity contribution >= 4 is 54.5 Å². The molecular formula is C52H33NO. The van der Waals surface area contributed by atoms with Gasteiger partial charge in [-0.1, -0.05) is 140 Å². The summed E-state index contributed by atoms with van der Waals surface area (Å²) in [5.41, 5.74) is 14.8. The van der Waals surface area contributed by atoms with Gasteiger partial charge >= 0.3 is 0 Å². The zero-order valence-electron chi connectivity index (χ0n) is 29.4. The number of fused-ring (bicyclic) bond motifs is 8. The molecule has 2 heterocycles. The Morgan fingerprint density at radius 3 is 1.44 bits per heavy atom. The van der Waals surface area contributed by atoms with Gasteiger partial charge < -0.3 is 8.98 Å². The summed E-state index contributed by atoms with van der Waals surface area (Å²) in [5.74, 6) is 0. The standard InChI is InChI=1S/C52H33NO/c1-2-10-34(11-3-1)35-18-20-36(21-19-35)40-30-41(37-22-26-43(27-23-37)53-49-16-8-6-14-45(49)46-15-7-9-17-50(46)53)32-42(31-40)39-25-28-47-48-29-24-38-12-4-5-13-44(38)52(48)54-51(47)33-39/h1-33H. The molecule has 0 atom stereocenters. The van der Waals surface area contributed by atoms with Gasteiger partial charge in [0.2, 0.25) is 0 Å². The summed E-state index contributed by atoms with van der Waals surface area (Å²) < 4.78 is 8.99. The molecule has 252 valence electrons. The first kappa shape index (κ1) is 30.5. The second-order valence-corrected chi connectivity index (χ2v) is 14.1. The van der Waals surface area contributed by atoms with E-state index in [0.29, 0.717) is 0 Å². The van der Waals surface area contributed by atoms with Gasteiger partial charge in [-0.05, 0) is 111 Å². The van der Waals surface area contributed by atoms with Gasteiger partial charge in [0.25, 0.3) is 0 Å². The fourth-order valence-corrected chi connectivity index (χ4v) is 8.30. The molecular weight excluding hydrogens is 655 g/mol. The van der Waals surface area contributed by atoms with Crippen LogP contribution in [0.1, 0.15) is 0 Å². The molecule has 54 heavy (non-hydrogen) atoms. The lowest BCUT2D eigenvalue weighted by molar-refractivity contribution is 0.673. The molecule has 0 unspecified atom stereocenters. The highest BCUT2D eigenvalue weighted by molar-refractivity contribution is 6.15. The predicted octanol–water partition coefficient (Wildman–Crippen LogP) is 14.5. The maximum Gasteiger partial charge on any atom is 0.143 e. The summed E-state index contributed by atoms with van der Waals surface area (Å²) >= 11 is 0. The van der Waals surface area contributed by atoms with Crippen molar-refractivity contribution in [3.05, 3.63) is 200 Å². The molecule has 2 heteroatoms. The van der Waals surface area contributed by atoms with E-state index in [4.69, 9.17) is 4.42 Å². The van der Waals surface area contributed by atoms with Gasteiger partial charge in [0.1, 0.15) is 11.2 Å². The maximum absolute atomic E-state index is 6.62. The molecule has 0 radical (unpaired) electrons. The highest BCUT2D eigenvalue weighted by atomic mass is 16.3. The zero-order chi connectivity index (χ0) is 35.6. The van der Waals surface area contributed by atoms with Crippen molar-refractivity contribution in [3.63, 3.8) is 0 Å². The van der Waals surface area contributed by atoms with Crippen LogP contribution in [0, 0.1) is 0 Å².